The number of piperidine rings is 1. The van der Waals surface area contributed by atoms with Crippen LogP contribution in [0.4, 0.5) is 5.95 Å². The van der Waals surface area contributed by atoms with Gasteiger partial charge in [0, 0.05) is 32.2 Å². The van der Waals surface area contributed by atoms with E-state index in [4.69, 9.17) is 20.7 Å². The Morgan fingerprint density at radius 2 is 1.68 bits per heavy atom. The monoisotopic (exact) mass is 473 g/mol. The maximum atomic E-state index is 5.74. The van der Waals surface area contributed by atoms with Gasteiger partial charge in [0.2, 0.25) is 5.95 Å². The van der Waals surface area contributed by atoms with Crippen molar-refractivity contribution in [1.29, 1.82) is 0 Å². The summed E-state index contributed by atoms with van der Waals surface area (Å²) in [4.78, 5) is 17.4. The number of imidazole rings is 1. The summed E-state index contributed by atoms with van der Waals surface area (Å²) in [5.74, 6) is 0.969. The molecule has 1 fully saturated rings. The molecule has 5 rings (SSSR count). The summed E-state index contributed by atoms with van der Waals surface area (Å²) < 4.78 is 2.39. The molecule has 10 nitrogen and oxygen atoms in total. The summed E-state index contributed by atoms with van der Waals surface area (Å²) in [6.07, 6.45) is 5.42. The summed E-state index contributed by atoms with van der Waals surface area (Å²) in [6, 6.07) is 9.06. The highest BCUT2D eigenvalue weighted by Crippen LogP contribution is 2.36. The van der Waals surface area contributed by atoms with E-state index in [9.17, 15) is 0 Å². The first-order chi connectivity index (χ1) is 15.1. The normalized spacial score (nSPS) is 18.4. The van der Waals surface area contributed by atoms with Gasteiger partial charge in [-0.3, -0.25) is 9.97 Å². The molecule has 1 atom stereocenters. The van der Waals surface area contributed by atoms with Crippen LogP contribution in [0.3, 0.4) is 0 Å². The molecule has 188 valence electrons. The molecule has 0 radical (unpaired) electrons. The first-order valence-corrected chi connectivity index (χ1v) is 11.6. The van der Waals surface area contributed by atoms with Gasteiger partial charge in [0.05, 0.1) is 39.9 Å². The van der Waals surface area contributed by atoms with Crippen molar-refractivity contribution in [3.8, 4) is 0 Å². The van der Waals surface area contributed by atoms with Crippen molar-refractivity contribution < 1.29 is 16.4 Å². The van der Waals surface area contributed by atoms with Crippen molar-refractivity contribution in [1.82, 2.24) is 24.4 Å². The lowest BCUT2D eigenvalue weighted by Gasteiger charge is -2.33. The topological polar surface area (TPSA) is 179 Å². The second kappa shape index (κ2) is 11.7. The fraction of sp³-hybridized carbons (Fsp3) is 0.542. The summed E-state index contributed by atoms with van der Waals surface area (Å²) in [6.45, 7) is 8.02. The van der Waals surface area contributed by atoms with Crippen LogP contribution in [0, 0.1) is 13.8 Å². The van der Waals surface area contributed by atoms with Crippen LogP contribution >= 0.6 is 0 Å². The van der Waals surface area contributed by atoms with Crippen LogP contribution in [0.15, 0.2) is 24.3 Å². The van der Waals surface area contributed by atoms with Crippen molar-refractivity contribution in [3.63, 3.8) is 0 Å². The number of benzene rings is 1. The van der Waals surface area contributed by atoms with E-state index in [-0.39, 0.29) is 22.5 Å². The number of nitrogens with one attached hydrogen (secondary N) is 1. The molecule has 0 bridgehead atoms. The minimum Gasteiger partial charge on any atom is -0.412 e. The molecule has 3 heterocycles. The fourth-order valence-corrected chi connectivity index (χ4v) is 5.10. The van der Waals surface area contributed by atoms with E-state index < -0.39 is 0 Å². The molecule has 1 aliphatic heterocycles. The van der Waals surface area contributed by atoms with Crippen molar-refractivity contribution in [3.05, 3.63) is 47.0 Å². The van der Waals surface area contributed by atoms with Gasteiger partial charge in [0.1, 0.15) is 0 Å². The lowest BCUT2D eigenvalue weighted by molar-refractivity contribution is 0.224. The van der Waals surface area contributed by atoms with Crippen LogP contribution in [0.1, 0.15) is 54.5 Å². The van der Waals surface area contributed by atoms with Crippen molar-refractivity contribution in [2.45, 2.75) is 58.0 Å². The zero-order valence-electron chi connectivity index (χ0n) is 20.1. The van der Waals surface area contributed by atoms with Crippen molar-refractivity contribution in [2.75, 3.05) is 31.5 Å². The van der Waals surface area contributed by atoms with Crippen LogP contribution in [-0.4, -0.2) is 73.1 Å². The number of anilines is 1. The molecule has 2 aromatic heterocycles. The molecule has 10 heteroatoms. The number of aromatic nitrogens is 4. The van der Waals surface area contributed by atoms with Gasteiger partial charge in [-0.15, -0.1) is 0 Å². The van der Waals surface area contributed by atoms with Gasteiger partial charge >= 0.3 is 0 Å². The lowest BCUT2D eigenvalue weighted by atomic mass is 9.94. The minimum absolute atomic E-state index is 0. The Morgan fingerprint density at radius 1 is 0.971 bits per heavy atom. The third-order valence-corrected chi connectivity index (χ3v) is 6.89. The van der Waals surface area contributed by atoms with Gasteiger partial charge in [-0.25, -0.2) is 4.98 Å². The molecule has 34 heavy (non-hydrogen) atoms. The number of nitrogens with zero attached hydrogens (tertiary/aromatic N) is 5. The largest absolute Gasteiger partial charge is 0.412 e. The van der Waals surface area contributed by atoms with E-state index in [0.717, 1.165) is 92.5 Å². The number of aryl methyl sites for hydroxylation is 3. The standard InChI is InChI=1S/C24H33N7.3H2O/c1-16-17(2)27-23-20(26-16)7-5-9-22(23)31-21-8-4-3-6-19(21)29-24(31)28-18-10-13-30(14-11-18)15-12-25;;;/h3-4,6,8,18,22H,5,7,9-15,25H2,1-2H3,(H,28,29);3*1H2. The Hall–Kier alpha value is -2.63. The molecule has 0 saturated carbocycles. The van der Waals surface area contributed by atoms with Gasteiger partial charge in [-0.1, -0.05) is 12.1 Å². The molecule has 1 aliphatic carbocycles. The van der Waals surface area contributed by atoms with E-state index in [2.05, 4.69) is 52.9 Å². The van der Waals surface area contributed by atoms with Gasteiger partial charge in [-0.05, 0) is 58.1 Å². The molecular weight excluding hydrogens is 434 g/mol. The Morgan fingerprint density at radius 3 is 2.41 bits per heavy atom. The Labute approximate surface area is 200 Å². The maximum absolute atomic E-state index is 5.74. The highest BCUT2D eigenvalue weighted by Gasteiger charge is 2.30. The highest BCUT2D eigenvalue weighted by molar-refractivity contribution is 5.79. The van der Waals surface area contributed by atoms with Gasteiger partial charge < -0.3 is 36.9 Å². The quantitative estimate of drug-likeness (QED) is 0.551. The lowest BCUT2D eigenvalue weighted by Crippen LogP contribution is -2.41. The smallest absolute Gasteiger partial charge is 0.204 e. The Kier molecular flexibility index (Phi) is 9.48. The fourth-order valence-electron chi connectivity index (χ4n) is 5.10. The maximum Gasteiger partial charge on any atom is 0.204 e. The minimum atomic E-state index is 0. The Bertz CT molecular complexity index is 1080. The van der Waals surface area contributed by atoms with Gasteiger partial charge in [-0.2, -0.15) is 0 Å². The first kappa shape index (κ1) is 27.6. The average molecular weight is 474 g/mol. The summed E-state index contributed by atoms with van der Waals surface area (Å²) >= 11 is 0. The second-order valence-corrected chi connectivity index (χ2v) is 8.98. The van der Waals surface area contributed by atoms with E-state index in [1.54, 1.807) is 0 Å². The molecular formula is C24H39N7O3. The average Bonchev–Trinajstić information content (AvgIpc) is 3.13. The van der Waals surface area contributed by atoms with Crippen LogP contribution < -0.4 is 11.1 Å². The zero-order chi connectivity index (χ0) is 21.4. The molecule has 2 aliphatic rings. The zero-order valence-corrected chi connectivity index (χ0v) is 20.1. The summed E-state index contributed by atoms with van der Waals surface area (Å²) in [7, 11) is 0. The molecule has 9 N–H and O–H groups in total. The van der Waals surface area contributed by atoms with Crippen LogP contribution in [0.2, 0.25) is 0 Å². The van der Waals surface area contributed by atoms with E-state index >= 15 is 0 Å². The predicted octanol–water partition coefficient (Wildman–Crippen LogP) is 0.730. The van der Waals surface area contributed by atoms with E-state index in [1.165, 1.54) is 5.52 Å². The predicted molar refractivity (Wildman–Crippen MR) is 135 cm³/mol. The van der Waals surface area contributed by atoms with Crippen LogP contribution in [0.25, 0.3) is 11.0 Å². The SMILES string of the molecule is Cc1nc2c(nc1C)C(n1c(NC3CCN(CCN)CC3)nc3ccccc31)CCC2.O.O.O. The number of nitrogens with two attached hydrogens (primary N) is 1. The number of fused-ring (bicyclic) bond motifs is 2. The molecule has 1 saturated heterocycles. The summed E-state index contributed by atoms with van der Waals surface area (Å²) in [5, 5.41) is 3.80. The second-order valence-electron chi connectivity index (χ2n) is 8.98. The number of hydrogen-bond acceptors (Lipinski definition) is 6. The number of para-hydroxylation sites is 2. The van der Waals surface area contributed by atoms with E-state index in [0.29, 0.717) is 6.04 Å². The Balaban J connectivity index is 0.00000136. The highest BCUT2D eigenvalue weighted by atomic mass is 16.0. The van der Waals surface area contributed by atoms with Gasteiger partial charge in [0.15, 0.2) is 0 Å². The molecule has 0 spiro atoms. The molecule has 3 aromatic rings. The molecule has 1 aromatic carbocycles. The van der Waals surface area contributed by atoms with Crippen molar-refractivity contribution in [2.24, 2.45) is 5.73 Å². The van der Waals surface area contributed by atoms with Crippen LogP contribution in [0.5, 0.6) is 0 Å². The number of likely N-dealkylation sites (tertiary alicyclic amines) is 1. The third kappa shape index (κ3) is 5.21. The first-order valence-electron chi connectivity index (χ1n) is 11.6. The molecule has 0 amide bonds. The van der Waals surface area contributed by atoms with E-state index in [1.807, 2.05) is 0 Å². The summed E-state index contributed by atoms with van der Waals surface area (Å²) in [5.41, 5.74) is 12.3. The molecule has 1 unspecified atom stereocenters. The number of hydrogen-bond donors (Lipinski definition) is 2. The van der Waals surface area contributed by atoms with Gasteiger partial charge in [0.25, 0.3) is 0 Å². The third-order valence-electron chi connectivity index (χ3n) is 6.89. The van der Waals surface area contributed by atoms with Crippen molar-refractivity contribution >= 4 is 17.0 Å². The van der Waals surface area contributed by atoms with Crippen LogP contribution in [-0.2, 0) is 6.42 Å². The number of rotatable bonds is 5.